The van der Waals surface area contributed by atoms with Crippen LogP contribution in [-0.4, -0.2) is 34.9 Å². The van der Waals surface area contributed by atoms with Crippen LogP contribution in [0.5, 0.6) is 0 Å². The minimum Gasteiger partial charge on any atom is -0.466 e. The molecule has 7 nitrogen and oxygen atoms in total. The number of carbonyl (C=O) groups excluding carboxylic acids is 2. The molecule has 1 atom stereocenters. The number of esters is 1. The first-order chi connectivity index (χ1) is 14.0. The number of hydrogen-bond donors (Lipinski definition) is 2. The van der Waals surface area contributed by atoms with E-state index < -0.39 is 0 Å². The monoisotopic (exact) mass is 394 g/mol. The molecule has 1 unspecified atom stereocenters. The first-order valence-electron chi connectivity index (χ1n) is 9.74. The highest BCUT2D eigenvalue weighted by Gasteiger charge is 2.17. The first-order valence-corrected chi connectivity index (χ1v) is 9.74. The molecule has 0 bridgehead atoms. The molecule has 7 heteroatoms. The number of urea groups is 1. The average Bonchev–Trinajstić information content (AvgIpc) is 3.09. The molecule has 0 aliphatic heterocycles. The van der Waals surface area contributed by atoms with E-state index in [0.717, 1.165) is 27.7 Å². The highest BCUT2D eigenvalue weighted by atomic mass is 16.5. The van der Waals surface area contributed by atoms with Crippen LogP contribution in [0.15, 0.2) is 48.7 Å². The van der Waals surface area contributed by atoms with Gasteiger partial charge in [-0.3, -0.25) is 4.79 Å². The fourth-order valence-electron chi connectivity index (χ4n) is 3.32. The van der Waals surface area contributed by atoms with Crippen molar-refractivity contribution in [2.24, 2.45) is 0 Å². The lowest BCUT2D eigenvalue weighted by Gasteiger charge is -2.15. The molecular weight excluding hydrogens is 368 g/mol. The quantitative estimate of drug-likeness (QED) is 0.599. The Morgan fingerprint density at radius 1 is 1.17 bits per heavy atom. The van der Waals surface area contributed by atoms with E-state index in [1.54, 1.807) is 13.1 Å². The SMILES string of the molecule is CCOC(=O)CCNC(=O)NC(C)c1cnn(-c2cccc3ccccc23)c1C. The van der Waals surface area contributed by atoms with E-state index in [1.165, 1.54) is 0 Å². The zero-order valence-corrected chi connectivity index (χ0v) is 16.9. The second kappa shape index (κ2) is 9.23. The average molecular weight is 394 g/mol. The Morgan fingerprint density at radius 3 is 2.72 bits per heavy atom. The Hall–Kier alpha value is -3.35. The van der Waals surface area contributed by atoms with E-state index >= 15 is 0 Å². The summed E-state index contributed by atoms with van der Waals surface area (Å²) in [6.07, 6.45) is 1.92. The summed E-state index contributed by atoms with van der Waals surface area (Å²) in [5.41, 5.74) is 2.89. The summed E-state index contributed by atoms with van der Waals surface area (Å²) in [5, 5.41) is 12.4. The van der Waals surface area contributed by atoms with Crippen molar-refractivity contribution in [1.29, 1.82) is 0 Å². The van der Waals surface area contributed by atoms with Gasteiger partial charge < -0.3 is 15.4 Å². The van der Waals surface area contributed by atoms with Gasteiger partial charge >= 0.3 is 12.0 Å². The third-order valence-electron chi connectivity index (χ3n) is 4.78. The van der Waals surface area contributed by atoms with Crippen molar-refractivity contribution < 1.29 is 14.3 Å². The molecule has 0 radical (unpaired) electrons. The first kappa shape index (κ1) is 20.4. The number of nitrogens with one attached hydrogen (secondary N) is 2. The number of carbonyl (C=O) groups is 2. The van der Waals surface area contributed by atoms with Gasteiger partial charge in [0, 0.05) is 23.2 Å². The molecule has 0 saturated heterocycles. The third-order valence-corrected chi connectivity index (χ3v) is 4.78. The Labute approximate surface area is 170 Å². The predicted molar refractivity (Wildman–Crippen MR) is 112 cm³/mol. The summed E-state index contributed by atoms with van der Waals surface area (Å²) >= 11 is 0. The summed E-state index contributed by atoms with van der Waals surface area (Å²) in [4.78, 5) is 23.5. The topological polar surface area (TPSA) is 85.2 Å². The van der Waals surface area contributed by atoms with Crippen molar-refractivity contribution in [3.05, 3.63) is 59.9 Å². The number of benzene rings is 2. The standard InChI is InChI=1S/C22H26N4O3/c1-4-29-21(27)12-13-23-22(28)25-15(2)19-14-24-26(16(19)3)20-11-7-9-17-8-5-6-10-18(17)20/h5-11,14-15H,4,12-13H2,1-3H3,(H2,23,25,28). The largest absolute Gasteiger partial charge is 0.466 e. The number of hydrogen-bond acceptors (Lipinski definition) is 4. The van der Waals surface area contributed by atoms with Crippen LogP contribution < -0.4 is 10.6 Å². The summed E-state index contributed by atoms with van der Waals surface area (Å²) in [6.45, 7) is 6.21. The van der Waals surface area contributed by atoms with Crippen LogP contribution in [-0.2, 0) is 9.53 Å². The predicted octanol–water partition coefficient (Wildman–Crippen LogP) is 3.65. The molecule has 2 aromatic carbocycles. The number of ether oxygens (including phenoxy) is 1. The van der Waals surface area contributed by atoms with Crippen molar-refractivity contribution in [3.8, 4) is 5.69 Å². The van der Waals surface area contributed by atoms with E-state index in [-0.39, 0.29) is 31.0 Å². The van der Waals surface area contributed by atoms with Gasteiger partial charge in [-0.15, -0.1) is 0 Å². The van der Waals surface area contributed by atoms with Crippen LogP contribution in [0.2, 0.25) is 0 Å². The maximum absolute atomic E-state index is 12.1. The van der Waals surface area contributed by atoms with Gasteiger partial charge in [-0.1, -0.05) is 36.4 Å². The lowest BCUT2D eigenvalue weighted by atomic mass is 10.1. The molecule has 3 aromatic rings. The molecule has 0 saturated carbocycles. The van der Waals surface area contributed by atoms with E-state index in [4.69, 9.17) is 4.74 Å². The summed E-state index contributed by atoms with van der Waals surface area (Å²) in [5.74, 6) is -0.326. The van der Waals surface area contributed by atoms with E-state index in [9.17, 15) is 9.59 Å². The zero-order valence-electron chi connectivity index (χ0n) is 16.9. The number of nitrogens with zero attached hydrogens (tertiary/aromatic N) is 2. The molecule has 29 heavy (non-hydrogen) atoms. The van der Waals surface area contributed by atoms with Crippen molar-refractivity contribution in [2.75, 3.05) is 13.2 Å². The fourth-order valence-corrected chi connectivity index (χ4v) is 3.32. The van der Waals surface area contributed by atoms with Gasteiger partial charge in [-0.25, -0.2) is 9.48 Å². The molecular formula is C22H26N4O3. The van der Waals surface area contributed by atoms with Crippen molar-refractivity contribution in [3.63, 3.8) is 0 Å². The number of amides is 2. The fraction of sp³-hybridized carbons (Fsp3) is 0.318. The lowest BCUT2D eigenvalue weighted by Crippen LogP contribution is -2.38. The number of aromatic nitrogens is 2. The van der Waals surface area contributed by atoms with Crippen molar-refractivity contribution in [1.82, 2.24) is 20.4 Å². The van der Waals surface area contributed by atoms with Crippen LogP contribution in [0, 0.1) is 6.92 Å². The Morgan fingerprint density at radius 2 is 1.93 bits per heavy atom. The Bertz CT molecular complexity index is 1010. The van der Waals surface area contributed by atoms with Crippen LogP contribution in [0.4, 0.5) is 4.79 Å². The molecule has 0 fully saturated rings. The number of fused-ring (bicyclic) bond motifs is 1. The Kier molecular flexibility index (Phi) is 6.49. The lowest BCUT2D eigenvalue weighted by molar-refractivity contribution is -0.142. The van der Waals surface area contributed by atoms with Gasteiger partial charge in [0.15, 0.2) is 0 Å². The van der Waals surface area contributed by atoms with Gasteiger partial charge in [0.25, 0.3) is 0 Å². The van der Waals surface area contributed by atoms with E-state index in [1.807, 2.05) is 42.8 Å². The van der Waals surface area contributed by atoms with Gasteiger partial charge in [-0.2, -0.15) is 5.10 Å². The van der Waals surface area contributed by atoms with Crippen molar-refractivity contribution in [2.45, 2.75) is 33.2 Å². The maximum atomic E-state index is 12.1. The van der Waals surface area contributed by atoms with Crippen LogP contribution >= 0.6 is 0 Å². The second-order valence-electron chi connectivity index (χ2n) is 6.77. The van der Waals surface area contributed by atoms with Crippen LogP contribution in [0.1, 0.15) is 37.6 Å². The van der Waals surface area contributed by atoms with Crippen LogP contribution in [0.3, 0.4) is 0 Å². The summed E-state index contributed by atoms with van der Waals surface area (Å²) in [6, 6.07) is 13.7. The maximum Gasteiger partial charge on any atom is 0.315 e. The molecule has 0 aliphatic rings. The minimum absolute atomic E-state index is 0.147. The molecule has 152 valence electrons. The second-order valence-corrected chi connectivity index (χ2v) is 6.77. The van der Waals surface area contributed by atoms with Crippen molar-refractivity contribution >= 4 is 22.8 Å². The van der Waals surface area contributed by atoms with Gasteiger partial charge in [0.05, 0.1) is 31.0 Å². The van der Waals surface area contributed by atoms with Gasteiger partial charge in [0.1, 0.15) is 0 Å². The Balaban J connectivity index is 1.69. The molecule has 0 aliphatic carbocycles. The minimum atomic E-state index is -0.334. The summed E-state index contributed by atoms with van der Waals surface area (Å²) in [7, 11) is 0. The number of rotatable bonds is 7. The highest BCUT2D eigenvalue weighted by Crippen LogP contribution is 2.25. The molecule has 1 heterocycles. The third kappa shape index (κ3) is 4.74. The van der Waals surface area contributed by atoms with Gasteiger partial charge in [0.2, 0.25) is 0 Å². The molecule has 2 N–H and O–H groups in total. The molecule has 2 amide bonds. The van der Waals surface area contributed by atoms with E-state index in [2.05, 4.69) is 33.9 Å². The summed E-state index contributed by atoms with van der Waals surface area (Å²) < 4.78 is 6.74. The van der Waals surface area contributed by atoms with Gasteiger partial charge in [-0.05, 0) is 32.2 Å². The van der Waals surface area contributed by atoms with E-state index in [0.29, 0.717) is 6.61 Å². The normalized spacial score (nSPS) is 11.8. The zero-order chi connectivity index (χ0) is 20.8. The van der Waals surface area contributed by atoms with Crippen LogP contribution in [0.25, 0.3) is 16.5 Å². The molecule has 3 rings (SSSR count). The highest BCUT2D eigenvalue weighted by molar-refractivity contribution is 5.90. The molecule has 0 spiro atoms. The molecule has 1 aromatic heterocycles. The smallest absolute Gasteiger partial charge is 0.315 e.